The van der Waals surface area contributed by atoms with Gasteiger partial charge in [0.15, 0.2) is 0 Å². The zero-order valence-corrected chi connectivity index (χ0v) is 12.8. The van der Waals surface area contributed by atoms with Crippen LogP contribution in [0, 0.1) is 11.3 Å². The third kappa shape index (κ3) is 8.06. The summed E-state index contributed by atoms with van der Waals surface area (Å²) >= 11 is 0. The second kappa shape index (κ2) is 8.13. The molecule has 0 atom stereocenters. The fraction of sp³-hybridized carbons (Fsp3) is 1.00. The molecular weight excluding hydrogens is 224 g/mol. The predicted octanol–water partition coefficient (Wildman–Crippen LogP) is 2.37. The van der Waals surface area contributed by atoms with Crippen molar-refractivity contribution in [3.05, 3.63) is 0 Å². The molecule has 1 aliphatic carbocycles. The van der Waals surface area contributed by atoms with Gasteiger partial charge in [-0.15, -0.1) is 0 Å². The van der Waals surface area contributed by atoms with Crippen LogP contribution in [0.25, 0.3) is 0 Å². The summed E-state index contributed by atoms with van der Waals surface area (Å²) in [5, 5.41) is 3.51. The van der Waals surface area contributed by atoms with Crippen molar-refractivity contribution in [3.63, 3.8) is 0 Å². The van der Waals surface area contributed by atoms with E-state index in [0.29, 0.717) is 5.41 Å². The maximum absolute atomic E-state index is 5.68. The SMILES string of the molecule is CCCNCC(C)(C)CN(C)CCOCC1CC1. The number of hydrogen-bond acceptors (Lipinski definition) is 3. The molecule has 108 valence electrons. The lowest BCUT2D eigenvalue weighted by molar-refractivity contribution is 0.0917. The Hall–Kier alpha value is -0.120. The van der Waals surface area contributed by atoms with Crippen LogP contribution in [0.3, 0.4) is 0 Å². The molecule has 0 aliphatic heterocycles. The molecular formula is C15H32N2O. The predicted molar refractivity (Wildman–Crippen MR) is 78.0 cm³/mol. The molecule has 1 N–H and O–H groups in total. The fourth-order valence-electron chi connectivity index (χ4n) is 2.22. The van der Waals surface area contributed by atoms with Gasteiger partial charge in [0.2, 0.25) is 0 Å². The summed E-state index contributed by atoms with van der Waals surface area (Å²) in [5.41, 5.74) is 0.334. The van der Waals surface area contributed by atoms with Crippen molar-refractivity contribution < 1.29 is 4.74 Å². The summed E-state index contributed by atoms with van der Waals surface area (Å²) in [7, 11) is 2.20. The lowest BCUT2D eigenvalue weighted by atomic mass is 9.93. The highest BCUT2D eigenvalue weighted by Gasteiger charge is 2.22. The normalized spacial score (nSPS) is 16.5. The molecule has 18 heavy (non-hydrogen) atoms. The third-order valence-corrected chi connectivity index (χ3v) is 3.40. The van der Waals surface area contributed by atoms with Crippen molar-refractivity contribution in [2.24, 2.45) is 11.3 Å². The molecule has 1 fully saturated rings. The average molecular weight is 256 g/mol. The first kappa shape index (κ1) is 15.9. The van der Waals surface area contributed by atoms with E-state index < -0.39 is 0 Å². The number of rotatable bonds is 11. The Morgan fingerprint density at radius 1 is 1.33 bits per heavy atom. The Kier molecular flexibility index (Phi) is 7.20. The summed E-state index contributed by atoms with van der Waals surface area (Å²) in [5.74, 6) is 0.880. The zero-order chi connectivity index (χ0) is 13.4. The zero-order valence-electron chi connectivity index (χ0n) is 12.8. The Balaban J connectivity index is 2.02. The molecule has 0 spiro atoms. The van der Waals surface area contributed by atoms with Crippen molar-refractivity contribution in [2.75, 3.05) is 46.4 Å². The number of likely N-dealkylation sites (N-methyl/N-ethyl adjacent to an activating group) is 1. The van der Waals surface area contributed by atoms with Crippen LogP contribution in [-0.4, -0.2) is 51.3 Å². The molecule has 0 bridgehead atoms. The monoisotopic (exact) mass is 256 g/mol. The van der Waals surface area contributed by atoms with E-state index in [-0.39, 0.29) is 0 Å². The highest BCUT2D eigenvalue weighted by Crippen LogP contribution is 2.28. The minimum Gasteiger partial charge on any atom is -0.380 e. The van der Waals surface area contributed by atoms with Crippen LogP contribution in [0.2, 0.25) is 0 Å². The molecule has 0 aromatic carbocycles. The molecule has 0 radical (unpaired) electrons. The van der Waals surface area contributed by atoms with Gasteiger partial charge >= 0.3 is 0 Å². The van der Waals surface area contributed by atoms with Gasteiger partial charge in [-0.05, 0) is 44.2 Å². The Morgan fingerprint density at radius 2 is 2.06 bits per heavy atom. The molecule has 1 aliphatic rings. The quantitative estimate of drug-likeness (QED) is 0.574. The Morgan fingerprint density at radius 3 is 2.67 bits per heavy atom. The van der Waals surface area contributed by atoms with Gasteiger partial charge in [0.05, 0.1) is 6.61 Å². The Bertz CT molecular complexity index is 215. The van der Waals surface area contributed by atoms with Crippen LogP contribution in [0.15, 0.2) is 0 Å². The van der Waals surface area contributed by atoms with Gasteiger partial charge in [-0.25, -0.2) is 0 Å². The largest absolute Gasteiger partial charge is 0.380 e. The van der Waals surface area contributed by atoms with Crippen LogP contribution in [0.1, 0.15) is 40.0 Å². The van der Waals surface area contributed by atoms with E-state index in [0.717, 1.165) is 45.3 Å². The van der Waals surface area contributed by atoms with E-state index >= 15 is 0 Å². The molecule has 0 heterocycles. The molecule has 0 aromatic rings. The standard InChI is InChI=1S/C15H32N2O/c1-5-8-16-12-15(2,3)13-17(4)9-10-18-11-14-6-7-14/h14,16H,5-13H2,1-4H3. The van der Waals surface area contributed by atoms with Crippen molar-refractivity contribution in [1.29, 1.82) is 0 Å². The molecule has 3 heteroatoms. The van der Waals surface area contributed by atoms with Gasteiger partial charge in [-0.1, -0.05) is 20.8 Å². The highest BCUT2D eigenvalue weighted by molar-refractivity contribution is 4.75. The third-order valence-electron chi connectivity index (χ3n) is 3.40. The maximum atomic E-state index is 5.68. The number of nitrogens with one attached hydrogen (secondary N) is 1. The van der Waals surface area contributed by atoms with E-state index in [1.165, 1.54) is 19.3 Å². The van der Waals surface area contributed by atoms with Crippen molar-refractivity contribution in [2.45, 2.75) is 40.0 Å². The number of ether oxygens (including phenoxy) is 1. The lowest BCUT2D eigenvalue weighted by Gasteiger charge is -2.30. The smallest absolute Gasteiger partial charge is 0.0593 e. The molecule has 0 amide bonds. The maximum Gasteiger partial charge on any atom is 0.0593 e. The highest BCUT2D eigenvalue weighted by atomic mass is 16.5. The molecule has 1 rings (SSSR count). The minimum absolute atomic E-state index is 0.334. The molecule has 1 saturated carbocycles. The second-order valence-corrected chi connectivity index (χ2v) is 6.60. The lowest BCUT2D eigenvalue weighted by Crippen LogP contribution is -2.40. The van der Waals surface area contributed by atoms with E-state index in [9.17, 15) is 0 Å². The minimum atomic E-state index is 0.334. The van der Waals surface area contributed by atoms with E-state index in [1.807, 2.05) is 0 Å². The number of hydrogen-bond donors (Lipinski definition) is 1. The first-order valence-electron chi connectivity index (χ1n) is 7.50. The van der Waals surface area contributed by atoms with Gasteiger partial charge in [-0.3, -0.25) is 0 Å². The van der Waals surface area contributed by atoms with E-state index in [2.05, 4.69) is 38.0 Å². The molecule has 0 saturated heterocycles. The van der Waals surface area contributed by atoms with Crippen molar-refractivity contribution in [3.8, 4) is 0 Å². The van der Waals surface area contributed by atoms with Gasteiger partial charge in [-0.2, -0.15) is 0 Å². The average Bonchev–Trinajstić information content (AvgIpc) is 3.08. The first-order chi connectivity index (χ1) is 8.53. The summed E-state index contributed by atoms with van der Waals surface area (Å²) in [6.07, 6.45) is 3.97. The topological polar surface area (TPSA) is 24.5 Å². The fourth-order valence-corrected chi connectivity index (χ4v) is 2.22. The van der Waals surface area contributed by atoms with Gasteiger partial charge in [0.25, 0.3) is 0 Å². The summed E-state index contributed by atoms with van der Waals surface area (Å²) < 4.78 is 5.68. The summed E-state index contributed by atoms with van der Waals surface area (Å²) in [6, 6.07) is 0. The molecule has 0 unspecified atom stereocenters. The number of nitrogens with zero attached hydrogens (tertiary/aromatic N) is 1. The van der Waals surface area contributed by atoms with Crippen LogP contribution >= 0.6 is 0 Å². The van der Waals surface area contributed by atoms with Crippen LogP contribution in [-0.2, 0) is 4.74 Å². The van der Waals surface area contributed by atoms with Crippen LogP contribution < -0.4 is 5.32 Å². The van der Waals surface area contributed by atoms with Crippen LogP contribution in [0.5, 0.6) is 0 Å². The summed E-state index contributed by atoms with van der Waals surface area (Å²) in [6.45, 7) is 13.1. The Labute approximate surface area is 113 Å². The van der Waals surface area contributed by atoms with Gasteiger partial charge in [0.1, 0.15) is 0 Å². The summed E-state index contributed by atoms with van der Waals surface area (Å²) in [4.78, 5) is 2.39. The van der Waals surface area contributed by atoms with E-state index in [4.69, 9.17) is 4.74 Å². The van der Waals surface area contributed by atoms with Gasteiger partial charge < -0.3 is 15.0 Å². The van der Waals surface area contributed by atoms with Crippen LogP contribution in [0.4, 0.5) is 0 Å². The van der Waals surface area contributed by atoms with Gasteiger partial charge in [0, 0.05) is 26.2 Å². The van der Waals surface area contributed by atoms with E-state index in [1.54, 1.807) is 0 Å². The molecule has 3 nitrogen and oxygen atoms in total. The van der Waals surface area contributed by atoms with Crippen molar-refractivity contribution in [1.82, 2.24) is 10.2 Å². The molecule has 0 aromatic heterocycles. The second-order valence-electron chi connectivity index (χ2n) is 6.60. The first-order valence-corrected chi connectivity index (χ1v) is 7.50. The van der Waals surface area contributed by atoms with Crippen molar-refractivity contribution >= 4 is 0 Å².